The predicted octanol–water partition coefficient (Wildman–Crippen LogP) is 0.431. The lowest BCUT2D eigenvalue weighted by molar-refractivity contribution is 0.398. The van der Waals surface area contributed by atoms with Crippen LogP contribution in [0.1, 0.15) is 6.42 Å². The van der Waals surface area contributed by atoms with E-state index in [-0.39, 0.29) is 0 Å². The second-order valence-electron chi connectivity index (χ2n) is 4.44. The molecule has 94 valence electrons. The molecule has 1 aliphatic heterocycles. The summed E-state index contributed by atoms with van der Waals surface area (Å²) in [5.74, 6) is 2.22. The van der Waals surface area contributed by atoms with E-state index < -0.39 is 0 Å². The molecule has 0 aromatic carbocycles. The van der Waals surface area contributed by atoms with Gasteiger partial charge in [0.25, 0.3) is 0 Å². The Labute approximate surface area is 101 Å². The van der Waals surface area contributed by atoms with Gasteiger partial charge >= 0.3 is 0 Å². The first-order valence-corrected chi connectivity index (χ1v) is 5.77. The number of nitrogens with one attached hydrogen (secondary N) is 1. The lowest BCUT2D eigenvalue weighted by Crippen LogP contribution is -2.20. The predicted molar refractivity (Wildman–Crippen MR) is 67.1 cm³/mol. The van der Waals surface area contributed by atoms with E-state index in [2.05, 4.69) is 27.2 Å². The fourth-order valence-electron chi connectivity index (χ4n) is 2.15. The van der Waals surface area contributed by atoms with E-state index in [0.717, 1.165) is 19.6 Å². The molecular weight excluding hydrogens is 218 g/mol. The first-order valence-electron chi connectivity index (χ1n) is 5.77. The minimum Gasteiger partial charge on any atom is -0.490 e. The van der Waals surface area contributed by atoms with E-state index in [1.165, 1.54) is 12.7 Å². The fourth-order valence-corrected chi connectivity index (χ4v) is 2.15. The maximum atomic E-state index is 5.71. The summed E-state index contributed by atoms with van der Waals surface area (Å²) in [6.45, 7) is 3.17. The third-order valence-electron chi connectivity index (χ3n) is 3.08. The first-order chi connectivity index (χ1) is 8.20. The molecule has 1 aromatic heterocycles. The highest BCUT2D eigenvalue weighted by molar-refractivity contribution is 5.61. The van der Waals surface area contributed by atoms with E-state index in [4.69, 9.17) is 10.5 Å². The summed E-state index contributed by atoms with van der Waals surface area (Å²) in [6, 6.07) is 0. The number of nitrogen functional groups attached to an aromatic ring is 1. The standard InChI is InChI=1S/C11H19N5O/c1-16-4-3-8(6-16)5-13-11-9(17-2)10(12)14-7-15-11/h7-8H,3-6H2,1-2H3,(H3,12,13,14,15). The van der Waals surface area contributed by atoms with Crippen LogP contribution in [0.4, 0.5) is 11.6 Å². The van der Waals surface area contributed by atoms with E-state index in [0.29, 0.717) is 23.3 Å². The summed E-state index contributed by atoms with van der Waals surface area (Å²) in [4.78, 5) is 10.4. The molecule has 17 heavy (non-hydrogen) atoms. The minimum atomic E-state index is 0.369. The highest BCUT2D eigenvalue weighted by atomic mass is 16.5. The van der Waals surface area contributed by atoms with Crippen molar-refractivity contribution >= 4 is 11.6 Å². The van der Waals surface area contributed by atoms with E-state index in [1.54, 1.807) is 7.11 Å². The van der Waals surface area contributed by atoms with Crippen molar-refractivity contribution in [2.75, 3.05) is 44.8 Å². The molecule has 1 aromatic rings. The van der Waals surface area contributed by atoms with Gasteiger partial charge in [-0.25, -0.2) is 9.97 Å². The van der Waals surface area contributed by atoms with Gasteiger partial charge in [-0.2, -0.15) is 0 Å². The maximum absolute atomic E-state index is 5.71. The number of anilines is 2. The van der Waals surface area contributed by atoms with Crippen LogP contribution in [-0.2, 0) is 0 Å². The van der Waals surface area contributed by atoms with Gasteiger partial charge in [-0.15, -0.1) is 0 Å². The zero-order valence-electron chi connectivity index (χ0n) is 10.3. The Kier molecular flexibility index (Phi) is 3.63. The summed E-state index contributed by atoms with van der Waals surface area (Å²) in [6.07, 6.45) is 2.66. The van der Waals surface area contributed by atoms with Gasteiger partial charge in [0.05, 0.1) is 7.11 Å². The van der Waals surface area contributed by atoms with Crippen LogP contribution in [0.25, 0.3) is 0 Å². The Morgan fingerprint density at radius 1 is 1.59 bits per heavy atom. The molecule has 0 aliphatic carbocycles. The Bertz CT molecular complexity index is 384. The van der Waals surface area contributed by atoms with Crippen molar-refractivity contribution in [3.05, 3.63) is 6.33 Å². The number of ether oxygens (including phenoxy) is 1. The van der Waals surface area contributed by atoms with Gasteiger partial charge in [0.1, 0.15) is 6.33 Å². The summed E-state index contributed by atoms with van der Waals surface area (Å²) >= 11 is 0. The van der Waals surface area contributed by atoms with Gasteiger partial charge in [-0.1, -0.05) is 0 Å². The molecule has 0 radical (unpaired) electrons. The van der Waals surface area contributed by atoms with Gasteiger partial charge in [0.15, 0.2) is 11.6 Å². The fraction of sp³-hybridized carbons (Fsp3) is 0.636. The average Bonchev–Trinajstić information content (AvgIpc) is 2.72. The first kappa shape index (κ1) is 11.9. The largest absolute Gasteiger partial charge is 0.490 e. The van der Waals surface area contributed by atoms with Gasteiger partial charge < -0.3 is 20.7 Å². The zero-order chi connectivity index (χ0) is 12.3. The smallest absolute Gasteiger partial charge is 0.203 e. The number of nitrogens with zero attached hydrogens (tertiary/aromatic N) is 3. The Hall–Kier alpha value is -1.56. The Morgan fingerprint density at radius 2 is 2.41 bits per heavy atom. The maximum Gasteiger partial charge on any atom is 0.203 e. The average molecular weight is 237 g/mol. The van der Waals surface area contributed by atoms with Gasteiger partial charge in [0.2, 0.25) is 5.75 Å². The highest BCUT2D eigenvalue weighted by Gasteiger charge is 2.20. The molecule has 1 atom stereocenters. The van der Waals surface area contributed by atoms with E-state index >= 15 is 0 Å². The molecule has 6 heteroatoms. The van der Waals surface area contributed by atoms with Crippen molar-refractivity contribution in [1.82, 2.24) is 14.9 Å². The van der Waals surface area contributed by atoms with Crippen molar-refractivity contribution in [3.8, 4) is 5.75 Å². The highest BCUT2D eigenvalue weighted by Crippen LogP contribution is 2.26. The van der Waals surface area contributed by atoms with Crippen LogP contribution in [0.15, 0.2) is 6.33 Å². The van der Waals surface area contributed by atoms with Crippen molar-refractivity contribution in [2.45, 2.75) is 6.42 Å². The third kappa shape index (κ3) is 2.76. The molecule has 1 unspecified atom stereocenters. The number of aromatic nitrogens is 2. The Morgan fingerprint density at radius 3 is 3.06 bits per heavy atom. The van der Waals surface area contributed by atoms with Crippen LogP contribution in [0.3, 0.4) is 0 Å². The SMILES string of the molecule is COc1c(N)ncnc1NCC1CCN(C)C1. The molecule has 1 aliphatic rings. The van der Waals surface area contributed by atoms with Gasteiger partial charge in [0, 0.05) is 13.1 Å². The molecule has 1 saturated heterocycles. The second-order valence-corrected chi connectivity index (χ2v) is 4.44. The van der Waals surface area contributed by atoms with Crippen LogP contribution in [0.2, 0.25) is 0 Å². The number of hydrogen-bond donors (Lipinski definition) is 2. The molecule has 6 nitrogen and oxygen atoms in total. The number of nitrogens with two attached hydrogens (primary N) is 1. The molecule has 3 N–H and O–H groups in total. The van der Waals surface area contributed by atoms with Crippen molar-refractivity contribution in [1.29, 1.82) is 0 Å². The zero-order valence-corrected chi connectivity index (χ0v) is 10.3. The van der Waals surface area contributed by atoms with E-state index in [9.17, 15) is 0 Å². The summed E-state index contributed by atoms with van der Waals surface area (Å²) in [5.41, 5.74) is 5.71. The quantitative estimate of drug-likeness (QED) is 0.791. The summed E-state index contributed by atoms with van der Waals surface area (Å²) in [5, 5.41) is 3.28. The van der Waals surface area contributed by atoms with Crippen LogP contribution >= 0.6 is 0 Å². The third-order valence-corrected chi connectivity index (χ3v) is 3.08. The van der Waals surface area contributed by atoms with Gasteiger partial charge in [-0.3, -0.25) is 0 Å². The van der Waals surface area contributed by atoms with Crippen LogP contribution in [-0.4, -0.2) is 48.7 Å². The Balaban J connectivity index is 1.97. The van der Waals surface area contributed by atoms with Gasteiger partial charge in [-0.05, 0) is 25.9 Å². The molecule has 2 rings (SSSR count). The van der Waals surface area contributed by atoms with Crippen LogP contribution in [0.5, 0.6) is 5.75 Å². The molecule has 0 saturated carbocycles. The topological polar surface area (TPSA) is 76.3 Å². The number of likely N-dealkylation sites (tertiary alicyclic amines) is 1. The lowest BCUT2D eigenvalue weighted by Gasteiger charge is -2.14. The number of hydrogen-bond acceptors (Lipinski definition) is 6. The normalized spacial score (nSPS) is 20.5. The molecule has 0 spiro atoms. The van der Waals surface area contributed by atoms with Crippen molar-refractivity contribution < 1.29 is 4.74 Å². The summed E-state index contributed by atoms with van der Waals surface area (Å²) < 4.78 is 5.19. The van der Waals surface area contributed by atoms with Crippen molar-refractivity contribution in [3.63, 3.8) is 0 Å². The number of methoxy groups -OCH3 is 1. The van der Waals surface area contributed by atoms with E-state index in [1.807, 2.05) is 0 Å². The second kappa shape index (κ2) is 5.18. The lowest BCUT2D eigenvalue weighted by atomic mass is 10.1. The molecule has 2 heterocycles. The van der Waals surface area contributed by atoms with Crippen LogP contribution < -0.4 is 15.8 Å². The number of rotatable bonds is 4. The molecule has 0 amide bonds. The van der Waals surface area contributed by atoms with Crippen LogP contribution in [0, 0.1) is 5.92 Å². The summed E-state index contributed by atoms with van der Waals surface area (Å²) in [7, 11) is 3.72. The minimum absolute atomic E-state index is 0.369. The molecule has 0 bridgehead atoms. The molecular formula is C11H19N5O. The molecule has 1 fully saturated rings. The monoisotopic (exact) mass is 237 g/mol. The van der Waals surface area contributed by atoms with Crippen molar-refractivity contribution in [2.24, 2.45) is 5.92 Å².